The van der Waals surface area contributed by atoms with E-state index in [1.165, 1.54) is 0 Å². The van der Waals surface area contributed by atoms with E-state index in [2.05, 4.69) is 10.6 Å². The Balaban J connectivity index is 2.20. The van der Waals surface area contributed by atoms with Crippen LogP contribution in [0.5, 0.6) is 0 Å². The first kappa shape index (κ1) is 13.9. The maximum Gasteiger partial charge on any atom is 0.326 e. The Labute approximate surface area is 101 Å². The molecule has 0 spiro atoms. The van der Waals surface area contributed by atoms with Gasteiger partial charge in [0.2, 0.25) is 5.91 Å². The molecule has 98 valence electrons. The van der Waals surface area contributed by atoms with Crippen LogP contribution in [0.25, 0.3) is 0 Å². The van der Waals surface area contributed by atoms with Crippen LogP contribution in [0.15, 0.2) is 0 Å². The molecule has 6 nitrogen and oxygen atoms in total. The highest BCUT2D eigenvalue weighted by Gasteiger charge is 2.23. The monoisotopic (exact) mass is 244 g/mol. The number of carbonyl (C=O) groups is 2. The Morgan fingerprint density at radius 2 is 2.18 bits per heavy atom. The second-order valence-electron chi connectivity index (χ2n) is 4.25. The molecule has 0 aromatic heterocycles. The molecule has 1 saturated carbocycles. The zero-order chi connectivity index (χ0) is 12.7. The molecule has 3 N–H and O–H groups in total. The number of carbonyl (C=O) groups excluding carboxylic acids is 1. The van der Waals surface area contributed by atoms with Gasteiger partial charge in [-0.2, -0.15) is 0 Å². The summed E-state index contributed by atoms with van der Waals surface area (Å²) in [7, 11) is 1.56. The first-order valence-corrected chi connectivity index (χ1v) is 5.88. The quantitative estimate of drug-likeness (QED) is 0.486. The molecule has 1 rings (SSSR count). The van der Waals surface area contributed by atoms with Gasteiger partial charge in [0, 0.05) is 19.8 Å². The number of ether oxygens (including phenoxy) is 1. The maximum absolute atomic E-state index is 11.5. The normalized spacial score (nSPS) is 16.5. The summed E-state index contributed by atoms with van der Waals surface area (Å²) in [5.41, 5.74) is 0. The third kappa shape index (κ3) is 6.23. The van der Waals surface area contributed by atoms with Crippen LogP contribution in [0.1, 0.15) is 25.7 Å². The molecule has 0 heterocycles. The van der Waals surface area contributed by atoms with Gasteiger partial charge in [-0.3, -0.25) is 4.79 Å². The highest BCUT2D eigenvalue weighted by atomic mass is 16.5. The van der Waals surface area contributed by atoms with Gasteiger partial charge in [-0.15, -0.1) is 0 Å². The second-order valence-corrected chi connectivity index (χ2v) is 4.25. The van der Waals surface area contributed by atoms with E-state index in [1.54, 1.807) is 7.11 Å². The maximum atomic E-state index is 11.5. The predicted molar refractivity (Wildman–Crippen MR) is 61.7 cm³/mol. The van der Waals surface area contributed by atoms with E-state index in [0.29, 0.717) is 25.5 Å². The van der Waals surface area contributed by atoms with Crippen LogP contribution < -0.4 is 10.6 Å². The zero-order valence-corrected chi connectivity index (χ0v) is 10.1. The Kier molecular flexibility index (Phi) is 5.93. The summed E-state index contributed by atoms with van der Waals surface area (Å²) in [5, 5.41) is 14.5. The zero-order valence-electron chi connectivity index (χ0n) is 10.1. The van der Waals surface area contributed by atoms with Gasteiger partial charge in [0.05, 0.1) is 6.54 Å². The Morgan fingerprint density at radius 1 is 1.47 bits per heavy atom. The van der Waals surface area contributed by atoms with Crippen LogP contribution >= 0.6 is 0 Å². The standard InChI is InChI=1S/C11H20N2O4/c1-17-6-2-3-9(11(15)16)13-10(14)7-12-8-4-5-8/h8-9,12H,2-7H2,1H3,(H,13,14)(H,15,16). The van der Waals surface area contributed by atoms with Gasteiger partial charge in [-0.25, -0.2) is 4.79 Å². The molecule has 1 aliphatic carbocycles. The van der Waals surface area contributed by atoms with Gasteiger partial charge in [0.25, 0.3) is 0 Å². The fourth-order valence-electron chi connectivity index (χ4n) is 1.46. The molecule has 1 fully saturated rings. The number of carboxylic acids is 1. The molecule has 17 heavy (non-hydrogen) atoms. The molecule has 1 aliphatic rings. The highest BCUT2D eigenvalue weighted by molar-refractivity contribution is 5.84. The predicted octanol–water partition coefficient (Wildman–Crippen LogP) is -0.266. The van der Waals surface area contributed by atoms with Crippen LogP contribution in [-0.2, 0) is 14.3 Å². The number of nitrogens with one attached hydrogen (secondary N) is 2. The second kappa shape index (κ2) is 7.24. The van der Waals surface area contributed by atoms with E-state index in [1.807, 2.05) is 0 Å². The van der Waals surface area contributed by atoms with Crippen molar-refractivity contribution >= 4 is 11.9 Å². The molecule has 0 saturated heterocycles. The summed E-state index contributed by atoms with van der Waals surface area (Å²) < 4.78 is 4.85. The third-order valence-corrected chi connectivity index (χ3v) is 2.60. The van der Waals surface area contributed by atoms with Crippen LogP contribution in [0, 0.1) is 0 Å². The molecule has 6 heteroatoms. The van der Waals surface area contributed by atoms with Gasteiger partial charge >= 0.3 is 5.97 Å². The lowest BCUT2D eigenvalue weighted by atomic mass is 10.1. The molecule has 0 bridgehead atoms. The third-order valence-electron chi connectivity index (χ3n) is 2.60. The van der Waals surface area contributed by atoms with E-state index in [0.717, 1.165) is 12.8 Å². The summed E-state index contributed by atoms with van der Waals surface area (Å²) in [4.78, 5) is 22.4. The lowest BCUT2D eigenvalue weighted by molar-refractivity contribution is -0.142. The van der Waals surface area contributed by atoms with Gasteiger partial charge in [0.1, 0.15) is 6.04 Å². The van der Waals surface area contributed by atoms with Crippen molar-refractivity contribution in [1.82, 2.24) is 10.6 Å². The lowest BCUT2D eigenvalue weighted by Gasteiger charge is -2.14. The van der Waals surface area contributed by atoms with E-state index in [4.69, 9.17) is 9.84 Å². The Morgan fingerprint density at radius 3 is 2.71 bits per heavy atom. The summed E-state index contributed by atoms with van der Waals surface area (Å²) >= 11 is 0. The number of methoxy groups -OCH3 is 1. The van der Waals surface area contributed by atoms with Gasteiger partial charge in [-0.05, 0) is 25.7 Å². The van der Waals surface area contributed by atoms with E-state index >= 15 is 0 Å². The fourth-order valence-corrected chi connectivity index (χ4v) is 1.46. The van der Waals surface area contributed by atoms with Crippen molar-refractivity contribution in [3.8, 4) is 0 Å². The van der Waals surface area contributed by atoms with Crippen molar-refractivity contribution in [2.45, 2.75) is 37.8 Å². The molecule has 1 amide bonds. The Bertz CT molecular complexity index is 266. The number of aliphatic carboxylic acids is 1. The molecule has 1 unspecified atom stereocenters. The van der Waals surface area contributed by atoms with E-state index < -0.39 is 12.0 Å². The summed E-state index contributed by atoms with van der Waals surface area (Å²) in [6.07, 6.45) is 3.20. The van der Waals surface area contributed by atoms with Crippen LogP contribution in [0.4, 0.5) is 0 Å². The number of hydrogen-bond acceptors (Lipinski definition) is 4. The molecule has 0 aliphatic heterocycles. The molecule has 0 radical (unpaired) electrons. The lowest BCUT2D eigenvalue weighted by Crippen LogP contribution is -2.45. The van der Waals surface area contributed by atoms with E-state index in [9.17, 15) is 9.59 Å². The van der Waals surface area contributed by atoms with Crippen LogP contribution in [0.2, 0.25) is 0 Å². The average Bonchev–Trinajstić information content (AvgIpc) is 3.09. The highest BCUT2D eigenvalue weighted by Crippen LogP contribution is 2.17. The largest absolute Gasteiger partial charge is 0.480 e. The van der Waals surface area contributed by atoms with E-state index in [-0.39, 0.29) is 12.5 Å². The summed E-state index contributed by atoms with van der Waals surface area (Å²) in [6.45, 7) is 0.693. The van der Waals surface area contributed by atoms with Crippen molar-refractivity contribution in [1.29, 1.82) is 0 Å². The van der Waals surface area contributed by atoms with Crippen molar-refractivity contribution in [2.75, 3.05) is 20.3 Å². The Hall–Kier alpha value is -1.14. The molecule has 0 aromatic rings. The van der Waals surface area contributed by atoms with Crippen LogP contribution in [-0.4, -0.2) is 49.3 Å². The number of rotatable bonds is 9. The number of amides is 1. The number of hydrogen-bond donors (Lipinski definition) is 3. The van der Waals surface area contributed by atoms with Gasteiger partial charge in [-0.1, -0.05) is 0 Å². The van der Waals surface area contributed by atoms with Gasteiger partial charge in [0.15, 0.2) is 0 Å². The molecule has 1 atom stereocenters. The average molecular weight is 244 g/mol. The molecular formula is C11H20N2O4. The summed E-state index contributed by atoms with van der Waals surface area (Å²) in [5.74, 6) is -1.26. The minimum absolute atomic E-state index is 0.193. The summed E-state index contributed by atoms with van der Waals surface area (Å²) in [6, 6.07) is -0.379. The first-order valence-electron chi connectivity index (χ1n) is 5.88. The van der Waals surface area contributed by atoms with Crippen molar-refractivity contribution < 1.29 is 19.4 Å². The fraction of sp³-hybridized carbons (Fsp3) is 0.818. The van der Waals surface area contributed by atoms with Crippen molar-refractivity contribution in [3.63, 3.8) is 0 Å². The molecule has 0 aromatic carbocycles. The van der Waals surface area contributed by atoms with Gasteiger partial charge < -0.3 is 20.5 Å². The topological polar surface area (TPSA) is 87.7 Å². The first-order chi connectivity index (χ1) is 8.13. The van der Waals surface area contributed by atoms with Crippen molar-refractivity contribution in [2.24, 2.45) is 0 Å². The van der Waals surface area contributed by atoms with Crippen molar-refractivity contribution in [3.05, 3.63) is 0 Å². The minimum atomic E-state index is -0.999. The smallest absolute Gasteiger partial charge is 0.326 e. The molecular weight excluding hydrogens is 224 g/mol. The SMILES string of the molecule is COCCCC(NC(=O)CNC1CC1)C(=O)O. The van der Waals surface area contributed by atoms with Crippen LogP contribution in [0.3, 0.4) is 0 Å². The minimum Gasteiger partial charge on any atom is -0.480 e. The number of carboxylic acid groups (broad SMARTS) is 1.